The summed E-state index contributed by atoms with van der Waals surface area (Å²) in [5.41, 5.74) is 9.50. The quantitative estimate of drug-likeness (QED) is 0.101. The average Bonchev–Trinajstić information content (AvgIpc) is 3.96. The first-order valence-corrected chi connectivity index (χ1v) is 20.3. The van der Waals surface area contributed by atoms with Gasteiger partial charge >= 0.3 is 0 Å². The van der Waals surface area contributed by atoms with Crippen LogP contribution in [0.5, 0.6) is 0 Å². The van der Waals surface area contributed by atoms with E-state index in [4.69, 9.17) is 0 Å². The second kappa shape index (κ2) is 15.9. The van der Waals surface area contributed by atoms with Gasteiger partial charge in [0, 0.05) is 56.9 Å². The monoisotopic (exact) mass is 758 g/mol. The molecule has 0 bridgehead atoms. The number of amides is 2. The van der Waals surface area contributed by atoms with E-state index in [-0.39, 0.29) is 28.9 Å². The van der Waals surface area contributed by atoms with Crippen molar-refractivity contribution in [2.45, 2.75) is 70.3 Å². The summed E-state index contributed by atoms with van der Waals surface area (Å²) >= 11 is 0. The maximum absolute atomic E-state index is 12.9. The number of aryl methyl sites for hydroxylation is 1. The first-order chi connectivity index (χ1) is 27.7. The number of H-pyrrole nitrogens is 2. The van der Waals surface area contributed by atoms with Crippen molar-refractivity contribution in [3.63, 3.8) is 0 Å². The van der Waals surface area contributed by atoms with Gasteiger partial charge in [0.15, 0.2) is 11.6 Å². The van der Waals surface area contributed by atoms with Crippen LogP contribution in [0.1, 0.15) is 110 Å². The molecule has 2 amide bonds. The molecule has 3 aliphatic rings. The second-order valence-corrected chi connectivity index (χ2v) is 16.0. The van der Waals surface area contributed by atoms with Gasteiger partial charge in [-0.25, -0.2) is 0 Å². The maximum atomic E-state index is 12.9. The number of hydrogen-bond donors (Lipinski definition) is 2. The van der Waals surface area contributed by atoms with Crippen LogP contribution in [-0.2, 0) is 12.8 Å². The van der Waals surface area contributed by atoms with Crippen LogP contribution >= 0.6 is 0 Å². The smallest absolute Gasteiger partial charge is 0.261 e. The fourth-order valence-corrected chi connectivity index (χ4v) is 9.18. The Labute approximate surface area is 334 Å². The molecule has 3 heterocycles. The molecule has 1 unspecified atom stereocenters. The summed E-state index contributed by atoms with van der Waals surface area (Å²) in [6.07, 6.45) is 13.2. The third kappa shape index (κ3) is 7.08. The molecule has 6 aromatic rings. The van der Waals surface area contributed by atoms with E-state index < -0.39 is 5.92 Å². The number of imide groups is 1. The number of rotatable bonds is 11. The van der Waals surface area contributed by atoms with E-state index in [1.807, 2.05) is 54.7 Å². The number of nitrogens with one attached hydrogen (secondary N) is 2. The number of carbonyl (C=O) groups excluding carboxylic acids is 4. The van der Waals surface area contributed by atoms with E-state index in [0.29, 0.717) is 41.6 Å². The first-order valence-electron chi connectivity index (χ1n) is 20.3. The minimum atomic E-state index is -0.522. The lowest BCUT2D eigenvalue weighted by molar-refractivity contribution is 0.0654. The normalized spacial score (nSPS) is 18.0. The van der Waals surface area contributed by atoms with E-state index >= 15 is 0 Å². The van der Waals surface area contributed by atoms with Crippen molar-refractivity contribution in [3.05, 3.63) is 148 Å². The van der Waals surface area contributed by atoms with Crippen molar-refractivity contribution in [2.75, 3.05) is 20.6 Å². The molecular formula is C49H50N4O4. The van der Waals surface area contributed by atoms with Crippen LogP contribution in [-0.4, -0.2) is 69.3 Å². The van der Waals surface area contributed by atoms with E-state index in [9.17, 15) is 19.2 Å². The van der Waals surface area contributed by atoms with Gasteiger partial charge in [-0.2, -0.15) is 0 Å². The summed E-state index contributed by atoms with van der Waals surface area (Å²) in [7, 11) is 4.43. The van der Waals surface area contributed by atoms with Crippen LogP contribution < -0.4 is 0 Å². The van der Waals surface area contributed by atoms with Crippen LogP contribution in [0.3, 0.4) is 0 Å². The second-order valence-electron chi connectivity index (χ2n) is 16.0. The Balaban J connectivity index is 0.000000177. The molecule has 0 radical (unpaired) electrons. The highest BCUT2D eigenvalue weighted by atomic mass is 16.2. The standard InChI is InChI=1S/C30H35N3O2.C19H15NO2/c1-4-5-17-30(32(2)3)18-14-21(15-19-30)27-23(22-10-8-9-13-26(22)31-27)16-20-33-28(34)24-11-6-7-12-25(24)29(33)35;21-18-14-6-1-2-7-15(14)19(22)16(18)10-9-12-11-20-17-8-4-3-5-13(12)17/h6-14,31H,4-5,15-20H2,1-3H3;1-8,11,16,20H,9-10H2. The SMILES string of the molecule is CCCCC1(N(C)C)CC=C(c2[nH]c3ccccc3c2CCN2C(=O)c3ccccc3C2=O)CC1.O=C1c2ccccc2C(=O)C1CCc1c[nH]c2ccccc12. The predicted octanol–water partition coefficient (Wildman–Crippen LogP) is 9.86. The summed E-state index contributed by atoms with van der Waals surface area (Å²) in [4.78, 5) is 61.4. The summed E-state index contributed by atoms with van der Waals surface area (Å²) < 4.78 is 0. The van der Waals surface area contributed by atoms with E-state index in [1.54, 1.807) is 24.3 Å². The van der Waals surface area contributed by atoms with Gasteiger partial charge in [-0.3, -0.25) is 24.1 Å². The van der Waals surface area contributed by atoms with Gasteiger partial charge in [0.2, 0.25) is 0 Å². The number of hydrogen-bond acceptors (Lipinski definition) is 5. The minimum absolute atomic E-state index is 0.0274. The summed E-state index contributed by atoms with van der Waals surface area (Å²) in [5, 5.41) is 2.34. The topological polar surface area (TPSA) is 106 Å². The van der Waals surface area contributed by atoms with Crippen LogP contribution in [0, 0.1) is 5.92 Å². The Hall–Kier alpha value is -5.86. The van der Waals surface area contributed by atoms with Crippen molar-refractivity contribution < 1.29 is 19.2 Å². The van der Waals surface area contributed by atoms with Crippen molar-refractivity contribution >= 4 is 50.8 Å². The van der Waals surface area contributed by atoms with Gasteiger partial charge in [-0.05, 0) is 100 Å². The van der Waals surface area contributed by atoms with Crippen molar-refractivity contribution in [1.82, 2.24) is 19.8 Å². The highest BCUT2D eigenvalue weighted by Crippen LogP contribution is 2.41. The number of benzene rings is 4. The Bertz CT molecular complexity index is 2470. The number of para-hydroxylation sites is 2. The molecule has 2 N–H and O–H groups in total. The molecule has 9 rings (SSSR count). The molecular weight excluding hydrogens is 709 g/mol. The zero-order valence-electron chi connectivity index (χ0n) is 33.1. The molecule has 4 aromatic carbocycles. The Kier molecular flexibility index (Phi) is 10.6. The van der Waals surface area contributed by atoms with Crippen LogP contribution in [0.4, 0.5) is 0 Å². The molecule has 290 valence electrons. The lowest BCUT2D eigenvalue weighted by Gasteiger charge is -2.42. The summed E-state index contributed by atoms with van der Waals surface area (Å²) in [6.45, 7) is 2.64. The number of fused-ring (bicyclic) bond motifs is 4. The lowest BCUT2D eigenvalue weighted by Crippen LogP contribution is -2.45. The number of aromatic nitrogens is 2. The molecule has 0 fully saturated rings. The van der Waals surface area contributed by atoms with E-state index in [1.165, 1.54) is 46.4 Å². The molecule has 1 atom stereocenters. The highest BCUT2D eigenvalue weighted by Gasteiger charge is 2.38. The highest BCUT2D eigenvalue weighted by molar-refractivity contribution is 6.26. The molecule has 2 aromatic heterocycles. The maximum Gasteiger partial charge on any atom is 0.261 e. The number of unbranched alkanes of at least 4 members (excludes halogenated alkanes) is 1. The molecule has 0 saturated heterocycles. The van der Waals surface area contributed by atoms with E-state index in [0.717, 1.165) is 47.7 Å². The first kappa shape index (κ1) is 38.0. The number of ketones is 2. The van der Waals surface area contributed by atoms with Gasteiger partial charge in [0.25, 0.3) is 11.8 Å². The fraction of sp³-hybridized carbons (Fsp3) is 0.306. The number of aromatic amines is 2. The fourth-order valence-electron chi connectivity index (χ4n) is 9.18. The molecule has 2 aliphatic carbocycles. The molecule has 8 nitrogen and oxygen atoms in total. The van der Waals surface area contributed by atoms with Gasteiger partial charge in [-0.15, -0.1) is 0 Å². The molecule has 8 heteroatoms. The molecule has 0 spiro atoms. The summed E-state index contributed by atoms with van der Waals surface area (Å²) in [5.74, 6) is -0.946. The van der Waals surface area contributed by atoms with Gasteiger partial charge in [0.05, 0.1) is 17.0 Å². The Morgan fingerprint density at radius 1 is 0.737 bits per heavy atom. The van der Waals surface area contributed by atoms with Crippen LogP contribution in [0.25, 0.3) is 27.4 Å². The zero-order chi connectivity index (χ0) is 39.7. The van der Waals surface area contributed by atoms with Crippen molar-refractivity contribution in [3.8, 4) is 0 Å². The van der Waals surface area contributed by atoms with Gasteiger partial charge in [0.1, 0.15) is 0 Å². The van der Waals surface area contributed by atoms with Gasteiger partial charge < -0.3 is 14.9 Å². The largest absolute Gasteiger partial charge is 0.361 e. The van der Waals surface area contributed by atoms with Crippen molar-refractivity contribution in [1.29, 1.82) is 0 Å². The molecule has 0 saturated carbocycles. The van der Waals surface area contributed by atoms with Crippen LogP contribution in [0.2, 0.25) is 0 Å². The number of allylic oxidation sites excluding steroid dienone is 1. The third-order valence-electron chi connectivity index (χ3n) is 12.6. The Morgan fingerprint density at radius 2 is 1.33 bits per heavy atom. The Morgan fingerprint density at radius 3 is 1.95 bits per heavy atom. The number of nitrogens with zero attached hydrogens (tertiary/aromatic N) is 2. The lowest BCUT2D eigenvalue weighted by atomic mass is 9.77. The minimum Gasteiger partial charge on any atom is -0.361 e. The zero-order valence-corrected chi connectivity index (χ0v) is 33.1. The van der Waals surface area contributed by atoms with Crippen LogP contribution in [0.15, 0.2) is 109 Å². The molecule has 1 aliphatic heterocycles. The molecule has 57 heavy (non-hydrogen) atoms. The average molecular weight is 759 g/mol. The van der Waals surface area contributed by atoms with Crippen molar-refractivity contribution in [2.24, 2.45) is 5.92 Å². The number of Topliss-reactive ketones (excluding diaryl/α,β-unsaturated/α-hetero) is 2. The predicted molar refractivity (Wildman–Crippen MR) is 227 cm³/mol. The van der Waals surface area contributed by atoms with E-state index in [2.05, 4.69) is 66.2 Å². The summed E-state index contributed by atoms with van der Waals surface area (Å²) in [6, 6.07) is 30.7. The van der Waals surface area contributed by atoms with Gasteiger partial charge in [-0.1, -0.05) is 98.6 Å². The number of carbonyl (C=O) groups is 4. The third-order valence-corrected chi connectivity index (χ3v) is 12.6.